The number of anilines is 1. The predicted molar refractivity (Wildman–Crippen MR) is 76.9 cm³/mol. The summed E-state index contributed by atoms with van der Waals surface area (Å²) in [6.07, 6.45) is 4.48. The number of amides is 1. The number of halogens is 1. The highest BCUT2D eigenvalue weighted by Gasteiger charge is 2.51. The minimum atomic E-state index is -0.955. The largest absolute Gasteiger partial charge is 0.494 e. The Balaban J connectivity index is 1.83. The quantitative estimate of drug-likeness (QED) is 0.837. The highest BCUT2D eigenvalue weighted by Crippen LogP contribution is 2.48. The number of rotatable bonds is 4. The monoisotopic (exact) mass is 305 g/mol. The third-order valence-electron chi connectivity index (χ3n) is 4.47. The van der Waals surface area contributed by atoms with Crippen LogP contribution in [0.25, 0.3) is 0 Å². The summed E-state index contributed by atoms with van der Waals surface area (Å²) < 4.78 is 18.2. The molecule has 1 saturated carbocycles. The Bertz CT molecular complexity index is 658. The van der Waals surface area contributed by atoms with E-state index in [2.05, 4.69) is 5.32 Å². The summed E-state index contributed by atoms with van der Waals surface area (Å²) in [7, 11) is 1.38. The Morgan fingerprint density at radius 1 is 1.27 bits per heavy atom. The molecule has 2 aliphatic carbocycles. The Kier molecular flexibility index (Phi) is 3.60. The summed E-state index contributed by atoms with van der Waals surface area (Å²) in [6, 6.07) is 3.80. The van der Waals surface area contributed by atoms with E-state index in [0.29, 0.717) is 12.1 Å². The molecule has 116 valence electrons. The van der Waals surface area contributed by atoms with Crippen molar-refractivity contribution in [2.24, 2.45) is 23.7 Å². The molecule has 4 atom stereocenters. The lowest BCUT2D eigenvalue weighted by Crippen LogP contribution is -2.36. The van der Waals surface area contributed by atoms with Crippen LogP contribution in [0.15, 0.2) is 30.4 Å². The van der Waals surface area contributed by atoms with Crippen LogP contribution in [0.2, 0.25) is 0 Å². The van der Waals surface area contributed by atoms with Crippen LogP contribution in [0, 0.1) is 29.5 Å². The maximum absolute atomic E-state index is 13.2. The van der Waals surface area contributed by atoms with Gasteiger partial charge < -0.3 is 15.2 Å². The van der Waals surface area contributed by atoms with Gasteiger partial charge in [-0.25, -0.2) is 4.39 Å². The first-order valence-corrected chi connectivity index (χ1v) is 7.07. The number of fused-ring (bicyclic) bond motifs is 2. The second-order valence-electron chi connectivity index (χ2n) is 5.67. The fourth-order valence-electron chi connectivity index (χ4n) is 3.50. The molecule has 1 amide bonds. The number of benzene rings is 1. The van der Waals surface area contributed by atoms with Crippen molar-refractivity contribution in [1.29, 1.82) is 0 Å². The highest BCUT2D eigenvalue weighted by atomic mass is 19.1. The number of carbonyl (C=O) groups is 2. The molecule has 5 nitrogen and oxygen atoms in total. The molecule has 0 spiro atoms. The Hall–Kier alpha value is -2.37. The predicted octanol–water partition coefficient (Wildman–Crippen LogP) is 2.30. The van der Waals surface area contributed by atoms with Crippen molar-refractivity contribution in [1.82, 2.24) is 0 Å². The number of allylic oxidation sites excluding steroid dienone is 2. The van der Waals surface area contributed by atoms with Crippen LogP contribution < -0.4 is 10.1 Å². The van der Waals surface area contributed by atoms with Crippen LogP contribution in [0.1, 0.15) is 6.42 Å². The van der Waals surface area contributed by atoms with E-state index in [-0.39, 0.29) is 23.5 Å². The van der Waals surface area contributed by atoms with Gasteiger partial charge in [-0.05, 0) is 30.4 Å². The van der Waals surface area contributed by atoms with Crippen molar-refractivity contribution in [3.8, 4) is 5.75 Å². The second-order valence-corrected chi connectivity index (χ2v) is 5.67. The zero-order valence-corrected chi connectivity index (χ0v) is 12.0. The van der Waals surface area contributed by atoms with Crippen LogP contribution in [0.5, 0.6) is 5.75 Å². The Morgan fingerprint density at radius 2 is 1.95 bits per heavy atom. The molecule has 2 bridgehead atoms. The molecule has 1 aromatic rings. The fraction of sp³-hybridized carbons (Fsp3) is 0.375. The second kappa shape index (κ2) is 5.44. The SMILES string of the molecule is COc1cc(F)ccc1NC(=O)C1C2C=CC(C2)C1C(=O)O. The summed E-state index contributed by atoms with van der Waals surface area (Å²) in [5.41, 5.74) is 0.338. The van der Waals surface area contributed by atoms with Gasteiger partial charge >= 0.3 is 5.97 Å². The van der Waals surface area contributed by atoms with Gasteiger partial charge in [0.1, 0.15) is 11.6 Å². The summed E-state index contributed by atoms with van der Waals surface area (Å²) >= 11 is 0. The van der Waals surface area contributed by atoms with Crippen molar-refractivity contribution < 1.29 is 23.8 Å². The van der Waals surface area contributed by atoms with Crippen LogP contribution in [0.4, 0.5) is 10.1 Å². The lowest BCUT2D eigenvalue weighted by molar-refractivity contribution is -0.146. The molecule has 2 N–H and O–H groups in total. The van der Waals surface area contributed by atoms with Gasteiger partial charge in [0.05, 0.1) is 24.6 Å². The van der Waals surface area contributed by atoms with Gasteiger partial charge in [-0.3, -0.25) is 9.59 Å². The van der Waals surface area contributed by atoms with Crippen molar-refractivity contribution in [3.05, 3.63) is 36.2 Å². The van der Waals surface area contributed by atoms with E-state index >= 15 is 0 Å². The molecule has 2 aliphatic rings. The highest BCUT2D eigenvalue weighted by molar-refractivity contribution is 5.97. The van der Waals surface area contributed by atoms with E-state index in [1.807, 2.05) is 12.2 Å². The first kappa shape index (κ1) is 14.6. The number of methoxy groups -OCH3 is 1. The van der Waals surface area contributed by atoms with E-state index < -0.39 is 23.6 Å². The molecule has 6 heteroatoms. The molecule has 0 saturated heterocycles. The molecule has 0 heterocycles. The lowest BCUT2D eigenvalue weighted by atomic mass is 9.82. The fourth-order valence-corrected chi connectivity index (χ4v) is 3.50. The van der Waals surface area contributed by atoms with Gasteiger partial charge in [0, 0.05) is 6.07 Å². The molecular formula is C16H16FNO4. The van der Waals surface area contributed by atoms with Gasteiger partial charge in [0.2, 0.25) is 5.91 Å². The summed E-state index contributed by atoms with van der Waals surface area (Å²) in [5.74, 6) is -3.05. The van der Waals surface area contributed by atoms with E-state index in [0.717, 1.165) is 0 Å². The maximum Gasteiger partial charge on any atom is 0.307 e. The summed E-state index contributed by atoms with van der Waals surface area (Å²) in [5, 5.41) is 12.0. The molecular weight excluding hydrogens is 289 g/mol. The average Bonchev–Trinajstić information content (AvgIpc) is 3.09. The topological polar surface area (TPSA) is 75.6 Å². The normalized spacial score (nSPS) is 28.6. The smallest absolute Gasteiger partial charge is 0.307 e. The minimum Gasteiger partial charge on any atom is -0.494 e. The Labute approximate surface area is 126 Å². The number of ether oxygens (including phenoxy) is 1. The van der Waals surface area contributed by atoms with Crippen LogP contribution in [0.3, 0.4) is 0 Å². The molecule has 0 aliphatic heterocycles. The van der Waals surface area contributed by atoms with Crippen LogP contribution >= 0.6 is 0 Å². The van der Waals surface area contributed by atoms with Crippen molar-refractivity contribution in [2.45, 2.75) is 6.42 Å². The number of carboxylic acid groups (broad SMARTS) is 1. The number of aliphatic carboxylic acids is 1. The van der Waals surface area contributed by atoms with Crippen LogP contribution in [-0.4, -0.2) is 24.1 Å². The van der Waals surface area contributed by atoms with E-state index in [1.165, 1.54) is 25.3 Å². The molecule has 4 unspecified atom stereocenters. The van der Waals surface area contributed by atoms with Gasteiger partial charge in [-0.1, -0.05) is 12.2 Å². The number of hydrogen-bond acceptors (Lipinski definition) is 3. The van der Waals surface area contributed by atoms with Crippen molar-refractivity contribution in [3.63, 3.8) is 0 Å². The van der Waals surface area contributed by atoms with E-state index in [1.54, 1.807) is 0 Å². The average molecular weight is 305 g/mol. The van der Waals surface area contributed by atoms with E-state index in [9.17, 15) is 19.1 Å². The number of nitrogens with one attached hydrogen (secondary N) is 1. The zero-order chi connectivity index (χ0) is 15.9. The van der Waals surface area contributed by atoms with Gasteiger partial charge in [-0.2, -0.15) is 0 Å². The van der Waals surface area contributed by atoms with Crippen LogP contribution in [-0.2, 0) is 9.59 Å². The lowest BCUT2D eigenvalue weighted by Gasteiger charge is -2.24. The molecule has 3 rings (SSSR count). The Morgan fingerprint density at radius 3 is 2.59 bits per heavy atom. The van der Waals surface area contributed by atoms with E-state index in [4.69, 9.17) is 4.74 Å². The third-order valence-corrected chi connectivity index (χ3v) is 4.47. The van der Waals surface area contributed by atoms with Gasteiger partial charge in [0.25, 0.3) is 0 Å². The first-order chi connectivity index (χ1) is 10.5. The first-order valence-electron chi connectivity index (χ1n) is 7.07. The summed E-state index contributed by atoms with van der Waals surface area (Å²) in [6.45, 7) is 0. The van der Waals surface area contributed by atoms with Gasteiger partial charge in [0.15, 0.2) is 0 Å². The van der Waals surface area contributed by atoms with Crippen molar-refractivity contribution >= 4 is 17.6 Å². The maximum atomic E-state index is 13.2. The van der Waals surface area contributed by atoms with Gasteiger partial charge in [-0.15, -0.1) is 0 Å². The van der Waals surface area contributed by atoms with Crippen molar-refractivity contribution in [2.75, 3.05) is 12.4 Å². The molecule has 1 aromatic carbocycles. The third kappa shape index (κ3) is 2.34. The number of carboxylic acids is 1. The zero-order valence-electron chi connectivity index (χ0n) is 12.0. The summed E-state index contributed by atoms with van der Waals surface area (Å²) in [4.78, 5) is 24.0. The molecule has 22 heavy (non-hydrogen) atoms. The molecule has 0 radical (unpaired) electrons. The number of carbonyl (C=O) groups excluding carboxylic acids is 1. The standard InChI is InChI=1S/C16H16FNO4/c1-22-12-7-10(17)4-5-11(12)18-15(19)13-8-2-3-9(6-8)14(13)16(20)21/h2-5,7-9,13-14H,6H2,1H3,(H,18,19)(H,20,21). The molecule has 0 aromatic heterocycles. The minimum absolute atomic E-state index is 0.0578. The molecule has 1 fully saturated rings. The number of hydrogen-bond donors (Lipinski definition) is 2.